The van der Waals surface area contributed by atoms with E-state index in [2.05, 4.69) is 13.2 Å². The summed E-state index contributed by atoms with van der Waals surface area (Å²) >= 11 is 0. The first-order chi connectivity index (χ1) is 6.99. The minimum Gasteiger partial charge on any atom is -0.419 e. The first kappa shape index (κ1) is 13.4. The Morgan fingerprint density at radius 2 is 1.93 bits per heavy atom. The second-order valence-electron chi connectivity index (χ2n) is 2.98. The molecule has 0 N–H and O–H groups in total. The largest absolute Gasteiger partial charge is 0.419 e. The van der Waals surface area contributed by atoms with Crippen molar-refractivity contribution in [2.45, 2.75) is 32.5 Å². The van der Waals surface area contributed by atoms with Gasteiger partial charge in [-0.3, -0.25) is 4.79 Å². The van der Waals surface area contributed by atoms with Crippen molar-refractivity contribution >= 4 is 11.9 Å². The number of rotatable bonds is 6. The van der Waals surface area contributed by atoms with Crippen LogP contribution in [0, 0.1) is 0 Å². The number of ether oxygens (including phenoxy) is 2. The third-order valence-electron chi connectivity index (χ3n) is 1.67. The van der Waals surface area contributed by atoms with Gasteiger partial charge in [-0.15, -0.1) is 0 Å². The highest BCUT2D eigenvalue weighted by atomic mass is 16.7. The van der Waals surface area contributed by atoms with Crippen LogP contribution in [0.15, 0.2) is 25.3 Å². The van der Waals surface area contributed by atoms with Crippen LogP contribution in [-0.4, -0.2) is 17.7 Å². The van der Waals surface area contributed by atoms with Gasteiger partial charge in [0, 0.05) is 19.4 Å². The summed E-state index contributed by atoms with van der Waals surface area (Å²) in [4.78, 5) is 21.9. The van der Waals surface area contributed by atoms with Gasteiger partial charge in [0.15, 0.2) is 0 Å². The first-order valence-electron chi connectivity index (χ1n) is 4.68. The lowest BCUT2D eigenvalue weighted by atomic mass is 10.1. The van der Waals surface area contributed by atoms with Gasteiger partial charge < -0.3 is 9.47 Å². The van der Waals surface area contributed by atoms with Crippen LogP contribution in [0.3, 0.4) is 0 Å². The molecule has 84 valence electrons. The molecule has 0 aliphatic heterocycles. The number of carbonyl (C=O) groups is 2. The van der Waals surface area contributed by atoms with Gasteiger partial charge in [-0.25, -0.2) is 4.79 Å². The van der Waals surface area contributed by atoms with E-state index in [0.717, 1.165) is 6.08 Å². The maximum absolute atomic E-state index is 11.1. The summed E-state index contributed by atoms with van der Waals surface area (Å²) in [6, 6.07) is 0. The Labute approximate surface area is 89.6 Å². The van der Waals surface area contributed by atoms with Crippen LogP contribution in [0.2, 0.25) is 0 Å². The van der Waals surface area contributed by atoms with Crippen LogP contribution in [0.25, 0.3) is 0 Å². The van der Waals surface area contributed by atoms with Crippen LogP contribution in [0.4, 0.5) is 0 Å². The zero-order valence-corrected chi connectivity index (χ0v) is 9.12. The van der Waals surface area contributed by atoms with E-state index in [1.165, 1.54) is 13.0 Å². The quantitative estimate of drug-likeness (QED) is 0.292. The average molecular weight is 212 g/mol. The normalized spacial score (nSPS) is 13.5. The molecule has 1 atom stereocenters. The highest BCUT2D eigenvalue weighted by Gasteiger charge is 2.32. The molecule has 0 saturated heterocycles. The van der Waals surface area contributed by atoms with Crippen molar-refractivity contribution in [1.82, 2.24) is 0 Å². The molecule has 0 amide bonds. The van der Waals surface area contributed by atoms with Gasteiger partial charge in [0.05, 0.1) is 0 Å². The molecule has 4 heteroatoms. The van der Waals surface area contributed by atoms with E-state index < -0.39 is 17.7 Å². The second kappa shape index (κ2) is 6.01. The van der Waals surface area contributed by atoms with E-state index in [1.807, 2.05) is 6.92 Å². The van der Waals surface area contributed by atoms with Crippen molar-refractivity contribution in [1.29, 1.82) is 0 Å². The molecule has 0 aromatic heterocycles. The van der Waals surface area contributed by atoms with Crippen molar-refractivity contribution in [3.63, 3.8) is 0 Å². The van der Waals surface area contributed by atoms with Gasteiger partial charge in [0.25, 0.3) is 5.79 Å². The Morgan fingerprint density at radius 3 is 2.27 bits per heavy atom. The fourth-order valence-corrected chi connectivity index (χ4v) is 1.11. The van der Waals surface area contributed by atoms with Crippen LogP contribution < -0.4 is 0 Å². The molecule has 0 radical (unpaired) electrons. The van der Waals surface area contributed by atoms with Gasteiger partial charge in [0.1, 0.15) is 0 Å². The molecular formula is C11H16O4. The number of hydrogen-bond donors (Lipinski definition) is 0. The predicted octanol–water partition coefficient (Wildman–Crippen LogP) is 1.96. The summed E-state index contributed by atoms with van der Waals surface area (Å²) in [5.74, 6) is -2.55. The molecule has 0 fully saturated rings. The standard InChI is InChI=1S/C11H16O4/c1-5-8-11(7-3,14-9(4)12)15-10(13)6-2/h6-7H,2-3,5,8H2,1,4H3. The Balaban J connectivity index is 4.78. The smallest absolute Gasteiger partial charge is 0.333 e. The van der Waals surface area contributed by atoms with Gasteiger partial charge in [-0.2, -0.15) is 0 Å². The fourth-order valence-electron chi connectivity index (χ4n) is 1.11. The highest BCUT2D eigenvalue weighted by molar-refractivity contribution is 5.81. The van der Waals surface area contributed by atoms with Gasteiger partial charge in [-0.1, -0.05) is 20.1 Å². The minimum atomic E-state index is -1.37. The predicted molar refractivity (Wildman–Crippen MR) is 55.9 cm³/mol. The maximum atomic E-state index is 11.1. The number of esters is 2. The second-order valence-corrected chi connectivity index (χ2v) is 2.98. The molecule has 0 bridgehead atoms. The first-order valence-corrected chi connectivity index (χ1v) is 4.68. The molecule has 0 aromatic rings. The van der Waals surface area contributed by atoms with Crippen molar-refractivity contribution in [3.8, 4) is 0 Å². The summed E-state index contributed by atoms with van der Waals surface area (Å²) < 4.78 is 9.92. The van der Waals surface area contributed by atoms with Crippen LogP contribution >= 0.6 is 0 Å². The van der Waals surface area contributed by atoms with E-state index in [1.54, 1.807) is 0 Å². The van der Waals surface area contributed by atoms with Gasteiger partial charge in [0.2, 0.25) is 0 Å². The van der Waals surface area contributed by atoms with E-state index in [0.29, 0.717) is 12.8 Å². The van der Waals surface area contributed by atoms with E-state index in [9.17, 15) is 9.59 Å². The van der Waals surface area contributed by atoms with E-state index in [4.69, 9.17) is 9.47 Å². The number of carbonyl (C=O) groups excluding carboxylic acids is 2. The Hall–Kier alpha value is -1.58. The topological polar surface area (TPSA) is 52.6 Å². The molecule has 0 spiro atoms. The van der Waals surface area contributed by atoms with Crippen LogP contribution in [0.5, 0.6) is 0 Å². The molecule has 0 heterocycles. The monoisotopic (exact) mass is 212 g/mol. The summed E-state index contributed by atoms with van der Waals surface area (Å²) in [7, 11) is 0. The zero-order valence-electron chi connectivity index (χ0n) is 9.12. The lowest BCUT2D eigenvalue weighted by molar-refractivity contribution is -0.208. The number of hydrogen-bond acceptors (Lipinski definition) is 4. The summed E-state index contributed by atoms with van der Waals surface area (Å²) in [5, 5.41) is 0. The zero-order chi connectivity index (χ0) is 11.9. The Kier molecular flexibility index (Phi) is 5.37. The van der Waals surface area contributed by atoms with Crippen molar-refractivity contribution in [3.05, 3.63) is 25.3 Å². The molecule has 4 nitrogen and oxygen atoms in total. The van der Waals surface area contributed by atoms with Gasteiger partial charge in [-0.05, 0) is 12.5 Å². The Bertz CT molecular complexity index is 270. The molecular weight excluding hydrogens is 196 g/mol. The summed E-state index contributed by atoms with van der Waals surface area (Å²) in [6.07, 6.45) is 3.37. The lowest BCUT2D eigenvalue weighted by Crippen LogP contribution is -2.37. The third-order valence-corrected chi connectivity index (χ3v) is 1.67. The van der Waals surface area contributed by atoms with E-state index >= 15 is 0 Å². The van der Waals surface area contributed by atoms with Gasteiger partial charge >= 0.3 is 11.9 Å². The molecule has 1 unspecified atom stereocenters. The van der Waals surface area contributed by atoms with Crippen LogP contribution in [0.1, 0.15) is 26.7 Å². The third kappa shape index (κ3) is 4.44. The molecule has 0 saturated carbocycles. The summed E-state index contributed by atoms with van der Waals surface area (Å²) in [5.41, 5.74) is 0. The molecule has 0 aliphatic carbocycles. The van der Waals surface area contributed by atoms with Crippen molar-refractivity contribution < 1.29 is 19.1 Å². The lowest BCUT2D eigenvalue weighted by Gasteiger charge is -2.28. The molecule has 0 aromatic carbocycles. The van der Waals surface area contributed by atoms with Crippen LogP contribution in [-0.2, 0) is 19.1 Å². The molecule has 15 heavy (non-hydrogen) atoms. The van der Waals surface area contributed by atoms with Crippen molar-refractivity contribution in [2.24, 2.45) is 0 Å². The summed E-state index contributed by atoms with van der Waals surface area (Å²) in [6.45, 7) is 9.90. The molecule has 0 aliphatic rings. The van der Waals surface area contributed by atoms with E-state index in [-0.39, 0.29) is 0 Å². The fraction of sp³-hybridized carbons (Fsp3) is 0.455. The minimum absolute atomic E-state index is 0.371. The SMILES string of the molecule is C=CC(=O)OC(C=C)(CCC)OC(C)=O. The Morgan fingerprint density at radius 1 is 1.33 bits per heavy atom. The molecule has 0 rings (SSSR count). The van der Waals surface area contributed by atoms with Crippen molar-refractivity contribution in [2.75, 3.05) is 0 Å². The average Bonchev–Trinajstić information content (AvgIpc) is 2.16. The maximum Gasteiger partial charge on any atom is 0.333 e. The highest BCUT2D eigenvalue weighted by Crippen LogP contribution is 2.22.